The van der Waals surface area contributed by atoms with Gasteiger partial charge in [0.1, 0.15) is 0 Å². The quantitative estimate of drug-likeness (QED) is 0.491. The minimum Gasteiger partial charge on any atom is -0.144 e. The van der Waals surface area contributed by atoms with Crippen molar-refractivity contribution in [2.45, 2.75) is 19.8 Å². The van der Waals surface area contributed by atoms with E-state index in [2.05, 4.69) is 74.0 Å². The first-order valence-corrected chi connectivity index (χ1v) is 8.42. The van der Waals surface area contributed by atoms with E-state index in [4.69, 9.17) is 0 Å². The van der Waals surface area contributed by atoms with Gasteiger partial charge in [-0.05, 0) is 71.0 Å². The van der Waals surface area contributed by atoms with Crippen molar-refractivity contribution >= 4 is 32.6 Å². The molecule has 0 saturated heterocycles. The first-order valence-electron chi connectivity index (χ1n) is 7.54. The van der Waals surface area contributed by atoms with Crippen molar-refractivity contribution in [3.63, 3.8) is 0 Å². The van der Waals surface area contributed by atoms with Gasteiger partial charge in [0.15, 0.2) is 0 Å². The zero-order valence-electron chi connectivity index (χ0n) is 12.9. The monoisotopic (exact) mass is 304 g/mol. The number of thiophene rings is 1. The summed E-state index contributed by atoms with van der Waals surface area (Å²) in [5, 5.41) is 3.44. The van der Waals surface area contributed by atoms with Gasteiger partial charge < -0.3 is 0 Å². The summed E-state index contributed by atoms with van der Waals surface area (Å²) in [6.45, 7) is 10.6. The van der Waals surface area contributed by atoms with Gasteiger partial charge in [0.25, 0.3) is 0 Å². The molecule has 0 spiro atoms. The van der Waals surface area contributed by atoms with E-state index in [1.165, 1.54) is 37.9 Å². The minimum absolute atomic E-state index is 0.947. The zero-order valence-corrected chi connectivity index (χ0v) is 13.7. The predicted molar refractivity (Wildman–Crippen MR) is 100 cm³/mol. The van der Waals surface area contributed by atoms with Crippen LogP contribution < -0.4 is 0 Å². The maximum Gasteiger partial charge on any atom is 0.0343 e. The highest BCUT2D eigenvalue weighted by molar-refractivity contribution is 7.17. The third kappa shape index (κ3) is 3.20. The molecule has 0 unspecified atom stereocenters. The van der Waals surface area contributed by atoms with Crippen molar-refractivity contribution in [1.29, 1.82) is 0 Å². The summed E-state index contributed by atoms with van der Waals surface area (Å²) in [5.74, 6) is 0. The molecule has 0 N–H and O–H groups in total. The number of allylic oxidation sites excluding steroid dienone is 2. The lowest BCUT2D eigenvalue weighted by atomic mass is 9.96. The summed E-state index contributed by atoms with van der Waals surface area (Å²) < 4.78 is 1.33. The molecule has 110 valence electrons. The van der Waals surface area contributed by atoms with Crippen LogP contribution >= 0.6 is 11.3 Å². The van der Waals surface area contributed by atoms with Crippen molar-refractivity contribution in [3.05, 3.63) is 83.8 Å². The Labute approximate surface area is 136 Å². The average molecular weight is 304 g/mol. The average Bonchev–Trinajstić information content (AvgIpc) is 2.99. The molecular formula is C21H20S. The van der Waals surface area contributed by atoms with Crippen LogP contribution in [-0.4, -0.2) is 0 Å². The number of benzene rings is 2. The second-order valence-electron chi connectivity index (χ2n) is 5.75. The largest absolute Gasteiger partial charge is 0.144 e. The number of aryl methyl sites for hydroxylation is 1. The summed E-state index contributed by atoms with van der Waals surface area (Å²) in [4.78, 5) is 0. The third-order valence-electron chi connectivity index (χ3n) is 4.02. The van der Waals surface area contributed by atoms with Gasteiger partial charge in [0.05, 0.1) is 0 Å². The molecule has 0 amide bonds. The Kier molecular flexibility index (Phi) is 4.26. The highest BCUT2D eigenvalue weighted by Gasteiger charge is 2.05. The molecule has 0 saturated carbocycles. The van der Waals surface area contributed by atoms with E-state index in [1.54, 1.807) is 11.3 Å². The fourth-order valence-electron chi connectivity index (χ4n) is 2.64. The van der Waals surface area contributed by atoms with Crippen molar-refractivity contribution in [1.82, 2.24) is 0 Å². The van der Waals surface area contributed by atoms with Crippen LogP contribution in [0.2, 0.25) is 0 Å². The Hall–Kier alpha value is -2.12. The van der Waals surface area contributed by atoms with Crippen LogP contribution in [0.5, 0.6) is 0 Å². The summed E-state index contributed by atoms with van der Waals surface area (Å²) in [5.41, 5.74) is 6.12. The molecule has 2 aromatic carbocycles. The molecule has 0 aliphatic rings. The minimum atomic E-state index is 0.947. The Morgan fingerprint density at radius 3 is 2.36 bits per heavy atom. The molecule has 3 rings (SSSR count). The van der Waals surface area contributed by atoms with Crippen LogP contribution in [0, 0.1) is 6.92 Å². The highest BCUT2D eigenvalue weighted by Crippen LogP contribution is 2.28. The first-order chi connectivity index (χ1) is 10.6. The Bertz CT molecular complexity index is 836. The molecule has 1 heteroatoms. The standard InChI is InChI=1S/C21H20S/c1-15-5-4-6-18(13-15)16(2)7-8-17(3)19-9-10-21-20(14-19)11-12-22-21/h4-6,9-14H,2-3,7-8H2,1H3. The molecule has 1 heterocycles. The van der Waals surface area contributed by atoms with Gasteiger partial charge >= 0.3 is 0 Å². The van der Waals surface area contributed by atoms with E-state index in [0.29, 0.717) is 0 Å². The molecule has 22 heavy (non-hydrogen) atoms. The molecule has 0 aliphatic heterocycles. The molecular weight excluding hydrogens is 284 g/mol. The second-order valence-corrected chi connectivity index (χ2v) is 6.70. The fourth-order valence-corrected chi connectivity index (χ4v) is 3.41. The number of rotatable bonds is 5. The zero-order chi connectivity index (χ0) is 15.5. The van der Waals surface area contributed by atoms with Gasteiger partial charge in [-0.2, -0.15) is 0 Å². The van der Waals surface area contributed by atoms with Gasteiger partial charge in [0, 0.05) is 4.70 Å². The van der Waals surface area contributed by atoms with Crippen LogP contribution in [0.25, 0.3) is 21.2 Å². The first kappa shape index (κ1) is 14.8. The van der Waals surface area contributed by atoms with Crippen molar-refractivity contribution in [3.8, 4) is 0 Å². The molecule has 1 aromatic heterocycles. The van der Waals surface area contributed by atoms with Gasteiger partial charge in [-0.15, -0.1) is 11.3 Å². The summed E-state index contributed by atoms with van der Waals surface area (Å²) in [7, 11) is 0. The topological polar surface area (TPSA) is 0 Å². The van der Waals surface area contributed by atoms with Crippen LogP contribution in [-0.2, 0) is 0 Å². The molecule has 0 fully saturated rings. The molecule has 0 bridgehead atoms. The fraction of sp³-hybridized carbons (Fsp3) is 0.143. The normalized spacial score (nSPS) is 10.8. The Morgan fingerprint density at radius 2 is 1.64 bits per heavy atom. The summed E-state index contributed by atoms with van der Waals surface area (Å²) >= 11 is 1.78. The van der Waals surface area contributed by atoms with E-state index < -0.39 is 0 Å². The van der Waals surface area contributed by atoms with Crippen LogP contribution in [0.15, 0.2) is 67.1 Å². The molecule has 3 aromatic rings. The molecule has 0 aliphatic carbocycles. The lowest BCUT2D eigenvalue weighted by Gasteiger charge is -2.09. The van der Waals surface area contributed by atoms with E-state index in [-0.39, 0.29) is 0 Å². The lowest BCUT2D eigenvalue weighted by Crippen LogP contribution is -1.88. The SMILES string of the molecule is C=C(CCC(=C)c1ccc2sccc2c1)c1cccc(C)c1. The van der Waals surface area contributed by atoms with Crippen molar-refractivity contribution < 1.29 is 0 Å². The molecule has 0 atom stereocenters. The van der Waals surface area contributed by atoms with Crippen LogP contribution in [0.1, 0.15) is 29.5 Å². The third-order valence-corrected chi connectivity index (χ3v) is 4.91. The number of fused-ring (bicyclic) bond motifs is 1. The van der Waals surface area contributed by atoms with E-state index in [1.807, 2.05) is 0 Å². The number of hydrogen-bond donors (Lipinski definition) is 0. The van der Waals surface area contributed by atoms with Gasteiger partial charge in [0.2, 0.25) is 0 Å². The maximum absolute atomic E-state index is 4.26. The Balaban J connectivity index is 1.67. The van der Waals surface area contributed by atoms with E-state index in [9.17, 15) is 0 Å². The predicted octanol–water partition coefficient (Wildman–Crippen LogP) is 6.72. The maximum atomic E-state index is 4.26. The van der Waals surface area contributed by atoms with E-state index in [0.717, 1.165) is 12.8 Å². The lowest BCUT2D eigenvalue weighted by molar-refractivity contribution is 1.09. The van der Waals surface area contributed by atoms with Gasteiger partial charge in [-0.1, -0.05) is 49.1 Å². The highest BCUT2D eigenvalue weighted by atomic mass is 32.1. The molecule has 0 nitrogen and oxygen atoms in total. The van der Waals surface area contributed by atoms with Crippen LogP contribution in [0.4, 0.5) is 0 Å². The van der Waals surface area contributed by atoms with Crippen LogP contribution in [0.3, 0.4) is 0 Å². The Morgan fingerprint density at radius 1 is 0.909 bits per heavy atom. The van der Waals surface area contributed by atoms with Crippen molar-refractivity contribution in [2.24, 2.45) is 0 Å². The van der Waals surface area contributed by atoms with Crippen molar-refractivity contribution in [2.75, 3.05) is 0 Å². The molecule has 0 radical (unpaired) electrons. The summed E-state index contributed by atoms with van der Waals surface area (Å²) in [6.07, 6.45) is 1.90. The number of hydrogen-bond acceptors (Lipinski definition) is 1. The van der Waals surface area contributed by atoms with E-state index >= 15 is 0 Å². The van der Waals surface area contributed by atoms with Gasteiger partial charge in [-0.25, -0.2) is 0 Å². The second kappa shape index (κ2) is 6.33. The smallest absolute Gasteiger partial charge is 0.0343 e. The summed E-state index contributed by atoms with van der Waals surface area (Å²) in [6, 6.07) is 17.3. The van der Waals surface area contributed by atoms with Gasteiger partial charge in [-0.3, -0.25) is 0 Å².